The predicted octanol–water partition coefficient (Wildman–Crippen LogP) is 4.57. The summed E-state index contributed by atoms with van der Waals surface area (Å²) in [5, 5.41) is 0. The van der Waals surface area contributed by atoms with E-state index < -0.39 is 0 Å². The van der Waals surface area contributed by atoms with Crippen molar-refractivity contribution in [2.45, 2.75) is 79.7 Å². The average molecular weight is 389 g/mol. The highest BCUT2D eigenvalue weighted by molar-refractivity contribution is 5.95. The molecule has 1 aromatic heterocycles. The van der Waals surface area contributed by atoms with Gasteiger partial charge < -0.3 is 14.2 Å². The Morgan fingerprint density at radius 1 is 1.21 bits per heavy atom. The molecule has 28 heavy (non-hydrogen) atoms. The summed E-state index contributed by atoms with van der Waals surface area (Å²) >= 11 is 0. The smallest absolute Gasteiger partial charge is 0.257 e. The summed E-state index contributed by atoms with van der Waals surface area (Å²) in [6.07, 6.45) is 4.65. The fraction of sp³-hybridized carbons (Fsp3) is 0.739. The van der Waals surface area contributed by atoms with Gasteiger partial charge in [0, 0.05) is 32.1 Å². The monoisotopic (exact) mass is 388 g/mol. The molecule has 1 saturated carbocycles. The molecular formula is C23H36N2O3. The van der Waals surface area contributed by atoms with E-state index in [2.05, 4.69) is 32.6 Å². The van der Waals surface area contributed by atoms with Crippen LogP contribution in [0.2, 0.25) is 0 Å². The van der Waals surface area contributed by atoms with Crippen LogP contribution in [0.5, 0.6) is 0 Å². The van der Waals surface area contributed by atoms with E-state index in [0.29, 0.717) is 42.3 Å². The molecule has 2 aliphatic rings. The van der Waals surface area contributed by atoms with Crippen LogP contribution in [-0.2, 0) is 4.79 Å². The molecule has 156 valence electrons. The van der Waals surface area contributed by atoms with Crippen LogP contribution in [0.4, 0.5) is 0 Å². The van der Waals surface area contributed by atoms with Crippen LogP contribution < -0.4 is 0 Å². The molecular weight excluding hydrogens is 352 g/mol. The Balaban J connectivity index is 1.65. The van der Waals surface area contributed by atoms with Crippen molar-refractivity contribution in [2.75, 3.05) is 19.6 Å². The van der Waals surface area contributed by atoms with Crippen molar-refractivity contribution in [1.29, 1.82) is 0 Å². The summed E-state index contributed by atoms with van der Waals surface area (Å²) in [5.41, 5.74) is 1.16. The van der Waals surface area contributed by atoms with Gasteiger partial charge in [-0.2, -0.15) is 0 Å². The van der Waals surface area contributed by atoms with Gasteiger partial charge in [0.15, 0.2) is 0 Å². The lowest BCUT2D eigenvalue weighted by molar-refractivity contribution is -0.132. The predicted molar refractivity (Wildman–Crippen MR) is 110 cm³/mol. The van der Waals surface area contributed by atoms with Crippen LogP contribution in [0.1, 0.15) is 81.7 Å². The summed E-state index contributed by atoms with van der Waals surface area (Å²) in [4.78, 5) is 29.9. The Bertz CT molecular complexity index is 751. The summed E-state index contributed by atoms with van der Waals surface area (Å²) < 4.78 is 5.53. The van der Waals surface area contributed by atoms with Crippen molar-refractivity contribution in [3.05, 3.63) is 23.2 Å². The quantitative estimate of drug-likeness (QED) is 0.717. The summed E-state index contributed by atoms with van der Waals surface area (Å²) in [6.45, 7) is 14.7. The lowest BCUT2D eigenvalue weighted by atomic mass is 9.65. The molecule has 1 aliphatic heterocycles. The molecule has 1 aromatic rings. The molecule has 2 heterocycles. The van der Waals surface area contributed by atoms with Gasteiger partial charge in [-0.1, -0.05) is 27.7 Å². The molecule has 1 saturated heterocycles. The van der Waals surface area contributed by atoms with Crippen molar-refractivity contribution in [2.24, 2.45) is 10.8 Å². The molecule has 2 atom stereocenters. The topological polar surface area (TPSA) is 53.8 Å². The van der Waals surface area contributed by atoms with Gasteiger partial charge in [-0.25, -0.2) is 0 Å². The van der Waals surface area contributed by atoms with Gasteiger partial charge in [-0.15, -0.1) is 0 Å². The maximum Gasteiger partial charge on any atom is 0.257 e. The number of nitrogens with zero attached hydrogens (tertiary/aromatic N) is 2. The third-order valence-corrected chi connectivity index (χ3v) is 6.38. The number of fused-ring (bicyclic) bond motifs is 2. The van der Waals surface area contributed by atoms with Gasteiger partial charge in [0.1, 0.15) is 11.5 Å². The van der Waals surface area contributed by atoms with E-state index in [9.17, 15) is 9.59 Å². The molecule has 5 nitrogen and oxygen atoms in total. The molecule has 0 N–H and O–H groups in total. The number of aryl methyl sites for hydroxylation is 2. The number of carbonyl (C=O) groups excluding carboxylic acids is 2. The second-order valence-electron chi connectivity index (χ2n) is 10.1. The van der Waals surface area contributed by atoms with Crippen molar-refractivity contribution < 1.29 is 14.0 Å². The minimum atomic E-state index is -0.0303. The zero-order valence-electron chi connectivity index (χ0n) is 18.4. The van der Waals surface area contributed by atoms with Crippen LogP contribution in [0, 0.1) is 24.7 Å². The zero-order valence-corrected chi connectivity index (χ0v) is 18.4. The maximum atomic E-state index is 13.0. The number of amides is 2. The Morgan fingerprint density at radius 2 is 1.93 bits per heavy atom. The third kappa shape index (κ3) is 4.28. The maximum absolute atomic E-state index is 13.0. The Kier molecular flexibility index (Phi) is 5.66. The minimum absolute atomic E-state index is 0.0303. The van der Waals surface area contributed by atoms with Gasteiger partial charge in [-0.05, 0) is 56.4 Å². The van der Waals surface area contributed by atoms with Crippen LogP contribution >= 0.6 is 0 Å². The zero-order chi connectivity index (χ0) is 20.7. The lowest BCUT2D eigenvalue weighted by Gasteiger charge is -2.39. The van der Waals surface area contributed by atoms with Crippen molar-refractivity contribution in [3.8, 4) is 0 Å². The van der Waals surface area contributed by atoms with E-state index in [0.717, 1.165) is 31.6 Å². The summed E-state index contributed by atoms with van der Waals surface area (Å²) in [7, 11) is 0. The number of carbonyl (C=O) groups is 2. The number of likely N-dealkylation sites (tertiary alicyclic amines) is 1. The lowest BCUT2D eigenvalue weighted by Crippen LogP contribution is -2.40. The number of hydrogen-bond acceptors (Lipinski definition) is 3. The van der Waals surface area contributed by atoms with E-state index in [4.69, 9.17) is 4.42 Å². The van der Waals surface area contributed by atoms with Gasteiger partial charge in [-0.3, -0.25) is 9.59 Å². The van der Waals surface area contributed by atoms with Gasteiger partial charge in [0.25, 0.3) is 5.91 Å². The first kappa shape index (κ1) is 20.9. The molecule has 2 bridgehead atoms. The molecule has 1 aliphatic carbocycles. The minimum Gasteiger partial charge on any atom is -0.466 e. The highest BCUT2D eigenvalue weighted by atomic mass is 16.3. The van der Waals surface area contributed by atoms with E-state index in [1.807, 2.05) is 18.7 Å². The Labute approximate surface area is 169 Å². The van der Waals surface area contributed by atoms with Crippen molar-refractivity contribution >= 4 is 11.8 Å². The standard InChI is InChI=1S/C23H36N2O3/c1-7-9-24(21(27)19-11-16(2)28-17(19)3)10-8-20(26)25-15-23(6)13-18(25)12-22(4,5)14-23/h11,18H,7-10,12-15H2,1-6H3/t18-,23-/m0/s1. The number of furan rings is 1. The highest BCUT2D eigenvalue weighted by Crippen LogP contribution is 2.52. The first-order valence-electron chi connectivity index (χ1n) is 10.7. The van der Waals surface area contributed by atoms with E-state index in [-0.39, 0.29) is 17.2 Å². The van der Waals surface area contributed by atoms with E-state index in [1.54, 1.807) is 6.07 Å². The molecule has 3 rings (SSSR count). The van der Waals surface area contributed by atoms with Crippen LogP contribution in [0.3, 0.4) is 0 Å². The van der Waals surface area contributed by atoms with Crippen LogP contribution in [-0.4, -0.2) is 47.3 Å². The van der Waals surface area contributed by atoms with Crippen molar-refractivity contribution in [1.82, 2.24) is 9.80 Å². The Hall–Kier alpha value is -1.78. The van der Waals surface area contributed by atoms with Gasteiger partial charge in [0.05, 0.1) is 5.56 Å². The van der Waals surface area contributed by atoms with Gasteiger partial charge >= 0.3 is 0 Å². The highest BCUT2D eigenvalue weighted by Gasteiger charge is 2.50. The second kappa shape index (κ2) is 7.57. The SMILES string of the molecule is CCCN(CCC(=O)N1C[C@@]2(C)C[C@@H]1CC(C)(C)C2)C(=O)c1cc(C)oc1C. The summed E-state index contributed by atoms with van der Waals surface area (Å²) in [6, 6.07) is 2.16. The molecule has 0 spiro atoms. The Morgan fingerprint density at radius 3 is 2.54 bits per heavy atom. The van der Waals surface area contributed by atoms with Crippen molar-refractivity contribution in [3.63, 3.8) is 0 Å². The first-order valence-corrected chi connectivity index (χ1v) is 10.7. The van der Waals surface area contributed by atoms with E-state index in [1.165, 1.54) is 6.42 Å². The summed E-state index contributed by atoms with van der Waals surface area (Å²) in [5.74, 6) is 1.56. The second-order valence-corrected chi connectivity index (χ2v) is 10.1. The normalized spacial score (nSPS) is 25.8. The number of hydrogen-bond donors (Lipinski definition) is 0. The third-order valence-electron chi connectivity index (χ3n) is 6.38. The first-order chi connectivity index (χ1) is 13.0. The molecule has 0 radical (unpaired) electrons. The molecule has 0 aromatic carbocycles. The fourth-order valence-electron chi connectivity index (χ4n) is 5.72. The van der Waals surface area contributed by atoms with Crippen LogP contribution in [0.15, 0.2) is 10.5 Å². The fourth-order valence-corrected chi connectivity index (χ4v) is 5.72. The molecule has 2 fully saturated rings. The number of rotatable bonds is 6. The molecule has 0 unspecified atom stereocenters. The van der Waals surface area contributed by atoms with E-state index >= 15 is 0 Å². The molecule has 2 amide bonds. The molecule has 5 heteroatoms. The van der Waals surface area contributed by atoms with Gasteiger partial charge in [0.2, 0.25) is 5.91 Å². The van der Waals surface area contributed by atoms with Crippen LogP contribution in [0.25, 0.3) is 0 Å². The largest absolute Gasteiger partial charge is 0.466 e. The average Bonchev–Trinajstić information content (AvgIpc) is 3.04.